The van der Waals surface area contributed by atoms with Crippen molar-refractivity contribution in [2.45, 2.75) is 20.8 Å². The number of hydrogen-bond donors (Lipinski definition) is 2. The number of aromatic nitrogens is 1. The first-order valence-electron chi connectivity index (χ1n) is 8.48. The maximum Gasteiger partial charge on any atom is 0.266 e. The summed E-state index contributed by atoms with van der Waals surface area (Å²) in [5.41, 5.74) is 6.13. The van der Waals surface area contributed by atoms with Crippen LogP contribution in [0, 0.1) is 12.3 Å². The smallest absolute Gasteiger partial charge is 0.266 e. The number of nitrogens with zero attached hydrogens (tertiary/aromatic N) is 3. The Balaban J connectivity index is 0.00000163. The zero-order valence-corrected chi connectivity index (χ0v) is 16.0. The SMILES string of the molecule is CC.Cc1ccc(=N)n(/C=C/c2ccc(NN=CC(=O)N(C)C)cc2)c1. The van der Waals surface area contributed by atoms with Crippen molar-refractivity contribution in [2.75, 3.05) is 19.5 Å². The van der Waals surface area contributed by atoms with Crippen molar-refractivity contribution in [2.24, 2.45) is 5.10 Å². The molecule has 0 bridgehead atoms. The van der Waals surface area contributed by atoms with Crippen molar-refractivity contribution in [3.63, 3.8) is 0 Å². The van der Waals surface area contributed by atoms with E-state index in [0.717, 1.165) is 16.8 Å². The number of aryl methyl sites for hydroxylation is 1. The van der Waals surface area contributed by atoms with E-state index in [1.54, 1.807) is 24.7 Å². The summed E-state index contributed by atoms with van der Waals surface area (Å²) in [5.74, 6) is -0.177. The van der Waals surface area contributed by atoms with E-state index >= 15 is 0 Å². The molecule has 0 spiro atoms. The molecule has 0 saturated heterocycles. The second-order valence-corrected chi connectivity index (χ2v) is 5.54. The first-order valence-corrected chi connectivity index (χ1v) is 8.48. The maximum absolute atomic E-state index is 11.4. The molecule has 6 heteroatoms. The lowest BCUT2D eigenvalue weighted by molar-refractivity contribution is -0.121. The summed E-state index contributed by atoms with van der Waals surface area (Å²) in [6, 6.07) is 11.3. The van der Waals surface area contributed by atoms with Gasteiger partial charge in [0.25, 0.3) is 5.91 Å². The maximum atomic E-state index is 11.4. The molecule has 1 heterocycles. The number of nitrogens with one attached hydrogen (secondary N) is 2. The summed E-state index contributed by atoms with van der Waals surface area (Å²) >= 11 is 0. The van der Waals surface area contributed by atoms with Gasteiger partial charge in [-0.2, -0.15) is 5.10 Å². The molecule has 2 aromatic rings. The van der Waals surface area contributed by atoms with E-state index < -0.39 is 0 Å². The molecule has 26 heavy (non-hydrogen) atoms. The largest absolute Gasteiger partial charge is 0.344 e. The van der Waals surface area contributed by atoms with Crippen molar-refractivity contribution in [3.05, 3.63) is 59.2 Å². The Morgan fingerprint density at radius 1 is 1.15 bits per heavy atom. The lowest BCUT2D eigenvalue weighted by Gasteiger charge is -2.05. The molecule has 6 nitrogen and oxygen atoms in total. The van der Waals surface area contributed by atoms with Gasteiger partial charge >= 0.3 is 0 Å². The summed E-state index contributed by atoms with van der Waals surface area (Å²) in [5, 5.41) is 11.8. The molecule has 1 aromatic carbocycles. The van der Waals surface area contributed by atoms with Crippen molar-refractivity contribution in [3.8, 4) is 0 Å². The van der Waals surface area contributed by atoms with Crippen LogP contribution < -0.4 is 10.9 Å². The Bertz CT molecular complexity index is 817. The van der Waals surface area contributed by atoms with Crippen molar-refractivity contribution >= 4 is 30.1 Å². The van der Waals surface area contributed by atoms with Gasteiger partial charge in [-0.05, 0) is 42.3 Å². The van der Waals surface area contributed by atoms with Crippen LogP contribution >= 0.6 is 0 Å². The van der Waals surface area contributed by atoms with Crippen LogP contribution in [-0.4, -0.2) is 35.7 Å². The Hall–Kier alpha value is -3.15. The highest BCUT2D eigenvalue weighted by Gasteiger charge is 1.97. The summed E-state index contributed by atoms with van der Waals surface area (Å²) < 4.78 is 1.76. The third kappa shape index (κ3) is 6.76. The normalized spacial score (nSPS) is 10.5. The van der Waals surface area contributed by atoms with E-state index in [1.807, 2.05) is 69.6 Å². The Labute approximate surface area is 155 Å². The Morgan fingerprint density at radius 3 is 2.42 bits per heavy atom. The highest BCUT2D eigenvalue weighted by molar-refractivity contribution is 6.26. The average Bonchev–Trinajstić information content (AvgIpc) is 2.65. The topological polar surface area (TPSA) is 73.5 Å². The minimum Gasteiger partial charge on any atom is -0.344 e. The molecule has 0 radical (unpaired) electrons. The Morgan fingerprint density at radius 2 is 1.81 bits per heavy atom. The van der Waals surface area contributed by atoms with E-state index in [0.29, 0.717) is 5.49 Å². The van der Waals surface area contributed by atoms with Gasteiger partial charge in [0.2, 0.25) is 0 Å². The third-order valence-electron chi connectivity index (χ3n) is 3.27. The molecule has 0 atom stereocenters. The molecular formula is C20H27N5O. The zero-order valence-electron chi connectivity index (χ0n) is 16.0. The minimum atomic E-state index is -0.177. The fourth-order valence-electron chi connectivity index (χ4n) is 1.86. The molecule has 0 aliphatic carbocycles. The van der Waals surface area contributed by atoms with Crippen LogP contribution in [0.25, 0.3) is 12.3 Å². The van der Waals surface area contributed by atoms with Crippen LogP contribution in [-0.2, 0) is 4.79 Å². The van der Waals surface area contributed by atoms with Gasteiger partial charge in [0, 0.05) is 26.5 Å². The van der Waals surface area contributed by atoms with Crippen LogP contribution in [0.1, 0.15) is 25.0 Å². The molecule has 0 aliphatic heterocycles. The molecular weight excluding hydrogens is 326 g/mol. The van der Waals surface area contributed by atoms with Gasteiger partial charge in [-0.3, -0.25) is 15.6 Å². The molecule has 2 rings (SSSR count). The van der Waals surface area contributed by atoms with Gasteiger partial charge in [0.15, 0.2) is 0 Å². The average molecular weight is 353 g/mol. The second kappa shape index (κ2) is 10.7. The number of amides is 1. The molecule has 0 saturated carbocycles. The van der Waals surface area contributed by atoms with E-state index in [4.69, 9.17) is 5.41 Å². The fraction of sp³-hybridized carbons (Fsp3) is 0.250. The number of carbonyl (C=O) groups is 1. The van der Waals surface area contributed by atoms with E-state index in [1.165, 1.54) is 11.1 Å². The van der Waals surface area contributed by atoms with Gasteiger partial charge in [-0.15, -0.1) is 0 Å². The third-order valence-corrected chi connectivity index (χ3v) is 3.27. The molecule has 138 valence electrons. The number of rotatable bonds is 5. The van der Waals surface area contributed by atoms with Crippen LogP contribution in [0.5, 0.6) is 0 Å². The van der Waals surface area contributed by atoms with Crippen molar-refractivity contribution in [1.82, 2.24) is 9.47 Å². The van der Waals surface area contributed by atoms with Crippen LogP contribution in [0.3, 0.4) is 0 Å². The Kier molecular flexibility index (Phi) is 8.57. The van der Waals surface area contributed by atoms with Crippen molar-refractivity contribution < 1.29 is 4.79 Å². The second-order valence-electron chi connectivity index (χ2n) is 5.54. The lowest BCUT2D eigenvalue weighted by atomic mass is 10.2. The van der Waals surface area contributed by atoms with E-state index in [9.17, 15) is 4.79 Å². The number of hydrogen-bond acceptors (Lipinski definition) is 4. The van der Waals surface area contributed by atoms with Gasteiger partial charge in [-0.25, -0.2) is 0 Å². The number of pyridine rings is 1. The first kappa shape index (κ1) is 20.9. The van der Waals surface area contributed by atoms with E-state index in [-0.39, 0.29) is 5.91 Å². The predicted molar refractivity (Wildman–Crippen MR) is 109 cm³/mol. The standard InChI is InChI=1S/C18H21N5O.C2H6/c1-14-4-9-17(19)23(13-14)11-10-15-5-7-16(8-6-15)21-20-12-18(24)22(2)3;1-2/h4-13,19,21H,1-3H3;1-2H3/b11-10+,19-17?,20-12?;. The summed E-state index contributed by atoms with van der Waals surface area (Å²) in [4.78, 5) is 12.8. The van der Waals surface area contributed by atoms with Gasteiger partial charge < -0.3 is 9.47 Å². The van der Waals surface area contributed by atoms with Gasteiger partial charge in [0.1, 0.15) is 11.7 Å². The fourth-order valence-corrected chi connectivity index (χ4v) is 1.86. The van der Waals surface area contributed by atoms with Crippen LogP contribution in [0.15, 0.2) is 47.7 Å². The minimum absolute atomic E-state index is 0.177. The zero-order chi connectivity index (χ0) is 19.5. The predicted octanol–water partition coefficient (Wildman–Crippen LogP) is 3.42. The lowest BCUT2D eigenvalue weighted by Crippen LogP contribution is -2.22. The van der Waals surface area contributed by atoms with Crippen LogP contribution in [0.4, 0.5) is 5.69 Å². The summed E-state index contributed by atoms with van der Waals surface area (Å²) in [7, 11) is 3.34. The monoisotopic (exact) mass is 353 g/mol. The summed E-state index contributed by atoms with van der Waals surface area (Å²) in [6.07, 6.45) is 6.93. The highest BCUT2D eigenvalue weighted by Crippen LogP contribution is 2.11. The number of benzene rings is 1. The number of carbonyl (C=O) groups excluding carboxylic acids is 1. The van der Waals surface area contributed by atoms with Gasteiger partial charge in [0.05, 0.1) is 5.69 Å². The molecule has 0 fully saturated rings. The molecule has 0 unspecified atom stereocenters. The molecule has 2 N–H and O–H groups in total. The van der Waals surface area contributed by atoms with Gasteiger partial charge in [-0.1, -0.05) is 32.0 Å². The molecule has 0 aliphatic rings. The summed E-state index contributed by atoms with van der Waals surface area (Å²) in [6.45, 7) is 5.99. The van der Waals surface area contributed by atoms with E-state index in [2.05, 4.69) is 10.5 Å². The van der Waals surface area contributed by atoms with Crippen LogP contribution in [0.2, 0.25) is 0 Å². The number of hydrazone groups is 1. The van der Waals surface area contributed by atoms with Crippen molar-refractivity contribution in [1.29, 1.82) is 5.41 Å². The molecule has 1 aromatic heterocycles. The quantitative estimate of drug-likeness (QED) is 0.638. The first-order chi connectivity index (χ1) is 12.5. The highest BCUT2D eigenvalue weighted by atomic mass is 16.2. The number of anilines is 1. The molecule has 1 amide bonds.